The van der Waals surface area contributed by atoms with Gasteiger partial charge in [-0.15, -0.1) is 0 Å². The zero-order chi connectivity index (χ0) is 16.2. The topological polar surface area (TPSA) is 43.8 Å². The predicted molar refractivity (Wildman–Crippen MR) is 85.7 cm³/mol. The maximum absolute atomic E-state index is 12.9. The van der Waals surface area contributed by atoms with Gasteiger partial charge in [-0.1, -0.05) is 18.2 Å². The van der Waals surface area contributed by atoms with Crippen LogP contribution >= 0.6 is 0 Å². The minimum atomic E-state index is -0.227. The molecule has 3 rings (SSSR count). The van der Waals surface area contributed by atoms with Gasteiger partial charge in [-0.25, -0.2) is 4.39 Å². The molecule has 1 N–H and O–H groups in total. The molecule has 0 aromatic heterocycles. The first-order valence-corrected chi connectivity index (χ1v) is 7.67. The van der Waals surface area contributed by atoms with E-state index >= 15 is 0 Å². The SMILES string of the molecule is O=C(c1cccc(O)c1)N1CCN(Cc2ccc(F)cc2)CC1. The standard InChI is InChI=1S/C18H19FN2O2/c19-16-6-4-14(5-7-16)13-20-8-10-21(11-9-20)18(23)15-2-1-3-17(22)12-15/h1-7,12,22H,8-11,13H2. The van der Waals surface area contributed by atoms with Crippen LogP contribution in [0, 0.1) is 5.82 Å². The van der Waals surface area contributed by atoms with Crippen molar-refractivity contribution in [3.8, 4) is 5.75 Å². The second-order valence-electron chi connectivity index (χ2n) is 5.75. The third kappa shape index (κ3) is 3.87. The molecule has 5 heteroatoms. The van der Waals surface area contributed by atoms with Crippen molar-refractivity contribution < 1.29 is 14.3 Å². The minimum absolute atomic E-state index is 0.0534. The second-order valence-corrected chi connectivity index (χ2v) is 5.75. The molecular weight excluding hydrogens is 295 g/mol. The molecule has 0 saturated carbocycles. The minimum Gasteiger partial charge on any atom is -0.508 e. The number of nitrogens with zero attached hydrogens (tertiary/aromatic N) is 2. The molecule has 1 aliphatic rings. The van der Waals surface area contributed by atoms with Gasteiger partial charge in [0.1, 0.15) is 11.6 Å². The molecule has 0 bridgehead atoms. The van der Waals surface area contributed by atoms with Gasteiger partial charge < -0.3 is 10.0 Å². The van der Waals surface area contributed by atoms with Crippen molar-refractivity contribution in [1.29, 1.82) is 0 Å². The molecule has 1 fully saturated rings. The number of carbonyl (C=O) groups is 1. The fraction of sp³-hybridized carbons (Fsp3) is 0.278. The normalized spacial score (nSPS) is 15.6. The van der Waals surface area contributed by atoms with Crippen molar-refractivity contribution in [1.82, 2.24) is 9.80 Å². The highest BCUT2D eigenvalue weighted by Crippen LogP contribution is 2.15. The van der Waals surface area contributed by atoms with Gasteiger partial charge >= 0.3 is 0 Å². The van der Waals surface area contributed by atoms with Gasteiger partial charge in [0, 0.05) is 38.3 Å². The molecule has 23 heavy (non-hydrogen) atoms. The van der Waals surface area contributed by atoms with E-state index in [-0.39, 0.29) is 17.5 Å². The Hall–Kier alpha value is -2.40. The molecule has 2 aromatic rings. The van der Waals surface area contributed by atoms with Gasteiger partial charge in [-0.2, -0.15) is 0 Å². The van der Waals surface area contributed by atoms with E-state index in [0.717, 1.165) is 25.2 Å². The molecule has 4 nitrogen and oxygen atoms in total. The average molecular weight is 314 g/mol. The van der Waals surface area contributed by atoms with Crippen LogP contribution in [0.25, 0.3) is 0 Å². The van der Waals surface area contributed by atoms with E-state index in [1.165, 1.54) is 18.2 Å². The number of carbonyl (C=O) groups excluding carboxylic acids is 1. The van der Waals surface area contributed by atoms with E-state index in [1.807, 2.05) is 0 Å². The molecule has 0 aliphatic carbocycles. The summed E-state index contributed by atoms with van der Waals surface area (Å²) < 4.78 is 12.9. The molecule has 1 aliphatic heterocycles. The number of halogens is 1. The number of hydrogen-bond acceptors (Lipinski definition) is 3. The Labute approximate surface area is 134 Å². The quantitative estimate of drug-likeness (QED) is 0.946. The Balaban J connectivity index is 1.55. The largest absolute Gasteiger partial charge is 0.508 e. The Morgan fingerprint density at radius 1 is 1.04 bits per heavy atom. The maximum atomic E-state index is 12.9. The monoisotopic (exact) mass is 314 g/mol. The van der Waals surface area contributed by atoms with Crippen LogP contribution in [0.5, 0.6) is 5.75 Å². The van der Waals surface area contributed by atoms with Gasteiger partial charge in [-0.3, -0.25) is 9.69 Å². The fourth-order valence-corrected chi connectivity index (χ4v) is 2.78. The zero-order valence-electron chi connectivity index (χ0n) is 12.8. The molecule has 120 valence electrons. The highest BCUT2D eigenvalue weighted by molar-refractivity contribution is 5.94. The molecule has 0 radical (unpaired) electrons. The lowest BCUT2D eigenvalue weighted by Gasteiger charge is -2.34. The van der Waals surface area contributed by atoms with Crippen molar-refractivity contribution in [2.45, 2.75) is 6.54 Å². The van der Waals surface area contributed by atoms with Crippen molar-refractivity contribution in [3.05, 3.63) is 65.5 Å². The molecule has 1 saturated heterocycles. The molecule has 1 amide bonds. The van der Waals surface area contributed by atoms with E-state index in [1.54, 1.807) is 35.2 Å². The van der Waals surface area contributed by atoms with Crippen LogP contribution in [0.1, 0.15) is 15.9 Å². The lowest BCUT2D eigenvalue weighted by Crippen LogP contribution is -2.48. The molecule has 0 spiro atoms. The summed E-state index contributed by atoms with van der Waals surface area (Å²) in [4.78, 5) is 16.5. The van der Waals surface area contributed by atoms with Crippen LogP contribution in [0.2, 0.25) is 0 Å². The van der Waals surface area contributed by atoms with E-state index < -0.39 is 0 Å². The number of piperazine rings is 1. The third-order valence-corrected chi connectivity index (χ3v) is 4.07. The van der Waals surface area contributed by atoms with Crippen LogP contribution in [0.15, 0.2) is 48.5 Å². The summed E-state index contributed by atoms with van der Waals surface area (Å²) in [5, 5.41) is 9.48. The Morgan fingerprint density at radius 2 is 1.74 bits per heavy atom. The van der Waals surface area contributed by atoms with E-state index in [0.29, 0.717) is 18.7 Å². The summed E-state index contributed by atoms with van der Waals surface area (Å²) in [6.45, 7) is 3.61. The van der Waals surface area contributed by atoms with Crippen LogP contribution in [0.4, 0.5) is 4.39 Å². The second kappa shape index (κ2) is 6.79. The Morgan fingerprint density at radius 3 is 2.39 bits per heavy atom. The smallest absolute Gasteiger partial charge is 0.254 e. The van der Waals surface area contributed by atoms with Gasteiger partial charge in [0.05, 0.1) is 0 Å². The summed E-state index contributed by atoms with van der Waals surface area (Å²) in [6, 6.07) is 13.0. The number of benzene rings is 2. The lowest BCUT2D eigenvalue weighted by atomic mass is 10.1. The van der Waals surface area contributed by atoms with Crippen molar-refractivity contribution >= 4 is 5.91 Å². The van der Waals surface area contributed by atoms with E-state index in [4.69, 9.17) is 0 Å². The number of hydrogen-bond donors (Lipinski definition) is 1. The first kappa shape index (κ1) is 15.5. The highest BCUT2D eigenvalue weighted by atomic mass is 19.1. The van der Waals surface area contributed by atoms with Gasteiger partial charge in [-0.05, 0) is 35.9 Å². The molecule has 0 atom stereocenters. The summed E-state index contributed by atoms with van der Waals surface area (Å²) in [5.41, 5.74) is 1.58. The average Bonchev–Trinajstić information content (AvgIpc) is 2.57. The predicted octanol–water partition coefficient (Wildman–Crippen LogP) is 2.49. The number of aromatic hydroxyl groups is 1. The lowest BCUT2D eigenvalue weighted by molar-refractivity contribution is 0.0628. The van der Waals surface area contributed by atoms with Gasteiger partial charge in [0.25, 0.3) is 5.91 Å². The van der Waals surface area contributed by atoms with Crippen LogP contribution in [-0.2, 0) is 6.54 Å². The summed E-state index contributed by atoms with van der Waals surface area (Å²) >= 11 is 0. The van der Waals surface area contributed by atoms with E-state index in [9.17, 15) is 14.3 Å². The first-order valence-electron chi connectivity index (χ1n) is 7.67. The number of phenols is 1. The molecule has 2 aromatic carbocycles. The van der Waals surface area contributed by atoms with Crippen LogP contribution < -0.4 is 0 Å². The molecule has 0 unspecified atom stereocenters. The fourth-order valence-electron chi connectivity index (χ4n) is 2.78. The summed E-state index contributed by atoms with van der Waals surface area (Å²) in [7, 11) is 0. The highest BCUT2D eigenvalue weighted by Gasteiger charge is 2.22. The summed E-state index contributed by atoms with van der Waals surface area (Å²) in [5.74, 6) is -0.177. The van der Waals surface area contributed by atoms with Gasteiger partial charge in [0.2, 0.25) is 0 Å². The van der Waals surface area contributed by atoms with E-state index in [2.05, 4.69) is 4.90 Å². The number of rotatable bonds is 3. The van der Waals surface area contributed by atoms with Crippen molar-refractivity contribution in [2.24, 2.45) is 0 Å². The number of amides is 1. The molecule has 1 heterocycles. The summed E-state index contributed by atoms with van der Waals surface area (Å²) in [6.07, 6.45) is 0. The number of phenolic OH excluding ortho intramolecular Hbond substituents is 1. The maximum Gasteiger partial charge on any atom is 0.254 e. The van der Waals surface area contributed by atoms with Gasteiger partial charge in [0.15, 0.2) is 0 Å². The van der Waals surface area contributed by atoms with Crippen LogP contribution in [-0.4, -0.2) is 47.0 Å². The Kier molecular flexibility index (Phi) is 4.57. The van der Waals surface area contributed by atoms with Crippen LogP contribution in [0.3, 0.4) is 0 Å². The van der Waals surface area contributed by atoms with Crippen molar-refractivity contribution in [3.63, 3.8) is 0 Å². The zero-order valence-corrected chi connectivity index (χ0v) is 12.8. The Bertz CT molecular complexity index is 680. The van der Waals surface area contributed by atoms with Crippen molar-refractivity contribution in [2.75, 3.05) is 26.2 Å². The third-order valence-electron chi connectivity index (χ3n) is 4.07. The first-order chi connectivity index (χ1) is 11.1. The molecular formula is C18H19FN2O2.